The van der Waals surface area contributed by atoms with E-state index in [9.17, 15) is 0 Å². The van der Waals surface area contributed by atoms with E-state index in [0.717, 1.165) is 33.9 Å². The zero-order valence-corrected chi connectivity index (χ0v) is 11.8. The van der Waals surface area contributed by atoms with Crippen molar-refractivity contribution >= 4 is 15.9 Å². The van der Waals surface area contributed by atoms with Crippen LogP contribution in [-0.4, -0.2) is 17.1 Å². The van der Waals surface area contributed by atoms with Crippen LogP contribution >= 0.6 is 15.9 Å². The third-order valence-electron chi connectivity index (χ3n) is 2.69. The highest BCUT2D eigenvalue weighted by Crippen LogP contribution is 2.22. The second kappa shape index (κ2) is 4.92. The molecule has 0 fully saturated rings. The summed E-state index contributed by atoms with van der Waals surface area (Å²) in [5.74, 6) is 1.85. The molecule has 0 aliphatic heterocycles. The molecule has 0 saturated heterocycles. The Labute approximate surface area is 109 Å². The molecule has 17 heavy (non-hydrogen) atoms. The van der Waals surface area contributed by atoms with E-state index in [1.54, 1.807) is 7.11 Å². The lowest BCUT2D eigenvalue weighted by Crippen LogP contribution is -1.93. The minimum atomic E-state index is 0.840. The molecule has 4 heteroatoms. The smallest absolute Gasteiger partial charge is 0.127 e. The Balaban J connectivity index is 2.24. The maximum Gasteiger partial charge on any atom is 0.127 e. The van der Waals surface area contributed by atoms with Gasteiger partial charge in [-0.15, -0.1) is 0 Å². The molecule has 0 aliphatic rings. The molecule has 0 amide bonds. The minimum absolute atomic E-state index is 0.840. The second-order valence-corrected chi connectivity index (χ2v) is 4.82. The van der Waals surface area contributed by atoms with Crippen LogP contribution in [-0.2, 0) is 6.42 Å². The number of H-pyrrole nitrogens is 1. The van der Waals surface area contributed by atoms with Crippen LogP contribution < -0.4 is 4.74 Å². The molecule has 0 unspecified atom stereocenters. The lowest BCUT2D eigenvalue weighted by molar-refractivity contribution is 0.411. The van der Waals surface area contributed by atoms with Crippen molar-refractivity contribution in [3.05, 3.63) is 45.4 Å². The largest absolute Gasteiger partial charge is 0.496 e. The molecule has 0 radical (unpaired) electrons. The molecule has 1 aromatic carbocycles. The maximum atomic E-state index is 5.25. The van der Waals surface area contributed by atoms with Gasteiger partial charge < -0.3 is 9.72 Å². The Hall–Kier alpha value is -1.29. The highest BCUT2D eigenvalue weighted by Gasteiger charge is 2.07. The van der Waals surface area contributed by atoms with Gasteiger partial charge in [0.1, 0.15) is 16.2 Å². The van der Waals surface area contributed by atoms with Crippen molar-refractivity contribution in [3.63, 3.8) is 0 Å². The Bertz CT molecular complexity index is 534. The summed E-state index contributed by atoms with van der Waals surface area (Å²) in [6.45, 7) is 4.00. The van der Waals surface area contributed by atoms with Gasteiger partial charge >= 0.3 is 0 Å². The highest BCUT2D eigenvalue weighted by molar-refractivity contribution is 9.10. The van der Waals surface area contributed by atoms with Gasteiger partial charge in [0.05, 0.1) is 12.8 Å². The van der Waals surface area contributed by atoms with Gasteiger partial charge in [-0.25, -0.2) is 4.98 Å². The van der Waals surface area contributed by atoms with Gasteiger partial charge in [-0.3, -0.25) is 0 Å². The molecule has 3 nitrogen and oxygen atoms in total. The lowest BCUT2D eigenvalue weighted by Gasteiger charge is -2.06. The Morgan fingerprint density at radius 1 is 1.35 bits per heavy atom. The molecule has 0 aliphatic carbocycles. The SMILES string of the molecule is COc1ccc(Cc2[nH]c(C)nc2Br)cc1C. The van der Waals surface area contributed by atoms with Crippen LogP contribution in [0.15, 0.2) is 22.8 Å². The van der Waals surface area contributed by atoms with Crippen LogP contribution in [0.5, 0.6) is 5.75 Å². The molecule has 90 valence electrons. The second-order valence-electron chi connectivity index (χ2n) is 4.07. The van der Waals surface area contributed by atoms with Crippen LogP contribution in [0.1, 0.15) is 22.6 Å². The summed E-state index contributed by atoms with van der Waals surface area (Å²) >= 11 is 3.45. The molecule has 2 rings (SSSR count). The molecule has 1 heterocycles. The van der Waals surface area contributed by atoms with E-state index < -0.39 is 0 Å². The third-order valence-corrected chi connectivity index (χ3v) is 3.34. The quantitative estimate of drug-likeness (QED) is 0.942. The zero-order chi connectivity index (χ0) is 12.4. The van der Waals surface area contributed by atoms with Gasteiger partial charge in [-0.05, 0) is 47.0 Å². The monoisotopic (exact) mass is 294 g/mol. The van der Waals surface area contributed by atoms with Gasteiger partial charge in [0.15, 0.2) is 0 Å². The van der Waals surface area contributed by atoms with Crippen LogP contribution in [0.4, 0.5) is 0 Å². The first-order chi connectivity index (χ1) is 8.10. The van der Waals surface area contributed by atoms with Crippen LogP contribution in [0.3, 0.4) is 0 Å². The number of rotatable bonds is 3. The van der Waals surface area contributed by atoms with Gasteiger partial charge in [0.25, 0.3) is 0 Å². The standard InChI is InChI=1S/C13H15BrN2O/c1-8-6-10(4-5-12(8)17-3)7-11-13(14)16-9(2)15-11/h4-6H,7H2,1-3H3,(H,15,16). The molecular weight excluding hydrogens is 280 g/mol. The number of methoxy groups -OCH3 is 1. The predicted molar refractivity (Wildman–Crippen MR) is 71.6 cm³/mol. The third kappa shape index (κ3) is 2.69. The number of aromatic nitrogens is 2. The molecule has 0 bridgehead atoms. The zero-order valence-electron chi connectivity index (χ0n) is 10.2. The summed E-state index contributed by atoms with van der Waals surface area (Å²) in [5, 5.41) is 0. The number of aromatic amines is 1. The number of nitrogens with one attached hydrogen (secondary N) is 1. The average Bonchev–Trinajstić information content (AvgIpc) is 2.58. The van der Waals surface area contributed by atoms with Gasteiger partial charge in [0.2, 0.25) is 0 Å². The van der Waals surface area contributed by atoms with Gasteiger partial charge in [-0.1, -0.05) is 12.1 Å². The number of hydrogen-bond donors (Lipinski definition) is 1. The summed E-state index contributed by atoms with van der Waals surface area (Å²) in [4.78, 5) is 7.55. The molecule has 1 N–H and O–H groups in total. The molecule has 1 aromatic heterocycles. The van der Waals surface area contributed by atoms with Crippen molar-refractivity contribution in [1.82, 2.24) is 9.97 Å². The van der Waals surface area contributed by atoms with Crippen molar-refractivity contribution in [1.29, 1.82) is 0 Å². The van der Waals surface area contributed by atoms with Crippen LogP contribution in [0, 0.1) is 13.8 Å². The normalized spacial score (nSPS) is 10.6. The number of halogens is 1. The minimum Gasteiger partial charge on any atom is -0.496 e. The van der Waals surface area contributed by atoms with Gasteiger partial charge in [-0.2, -0.15) is 0 Å². The fraction of sp³-hybridized carbons (Fsp3) is 0.308. The first-order valence-corrected chi connectivity index (χ1v) is 6.24. The van der Waals surface area contributed by atoms with E-state index in [0.29, 0.717) is 0 Å². The van der Waals surface area contributed by atoms with Gasteiger partial charge in [0, 0.05) is 6.42 Å². The van der Waals surface area contributed by atoms with E-state index in [1.165, 1.54) is 5.56 Å². The first-order valence-electron chi connectivity index (χ1n) is 5.44. The van der Waals surface area contributed by atoms with Crippen LogP contribution in [0.25, 0.3) is 0 Å². The number of imidazole rings is 1. The van der Waals surface area contributed by atoms with Crippen molar-refractivity contribution in [2.75, 3.05) is 7.11 Å². The summed E-state index contributed by atoms with van der Waals surface area (Å²) in [5.41, 5.74) is 3.50. The summed E-state index contributed by atoms with van der Waals surface area (Å²) in [7, 11) is 1.69. The summed E-state index contributed by atoms with van der Waals surface area (Å²) in [6, 6.07) is 6.22. The maximum absolute atomic E-state index is 5.25. The van der Waals surface area contributed by atoms with E-state index in [1.807, 2.05) is 13.0 Å². The predicted octanol–water partition coefficient (Wildman–Crippen LogP) is 3.39. The first kappa shape index (κ1) is 12.2. The highest BCUT2D eigenvalue weighted by atomic mass is 79.9. The fourth-order valence-electron chi connectivity index (χ4n) is 1.88. The summed E-state index contributed by atoms with van der Waals surface area (Å²) < 4.78 is 6.14. The molecule has 2 aromatic rings. The summed E-state index contributed by atoms with van der Waals surface area (Å²) in [6.07, 6.45) is 0.840. The fourth-order valence-corrected chi connectivity index (χ4v) is 2.39. The number of nitrogens with zero attached hydrogens (tertiary/aromatic N) is 1. The van der Waals surface area contributed by atoms with E-state index >= 15 is 0 Å². The number of aryl methyl sites for hydroxylation is 2. The molecule has 0 spiro atoms. The average molecular weight is 295 g/mol. The Morgan fingerprint density at radius 2 is 2.12 bits per heavy atom. The topological polar surface area (TPSA) is 37.9 Å². The van der Waals surface area contributed by atoms with Crippen molar-refractivity contribution in [2.45, 2.75) is 20.3 Å². The van der Waals surface area contributed by atoms with Crippen LogP contribution in [0.2, 0.25) is 0 Å². The molecular formula is C13H15BrN2O. The Kier molecular flexibility index (Phi) is 3.52. The molecule has 0 atom stereocenters. The molecule has 0 saturated carbocycles. The number of hydrogen-bond acceptors (Lipinski definition) is 2. The van der Waals surface area contributed by atoms with E-state index in [4.69, 9.17) is 4.74 Å². The number of benzene rings is 1. The Morgan fingerprint density at radius 3 is 2.65 bits per heavy atom. The lowest BCUT2D eigenvalue weighted by atomic mass is 10.1. The van der Waals surface area contributed by atoms with E-state index in [-0.39, 0.29) is 0 Å². The number of ether oxygens (including phenoxy) is 1. The van der Waals surface area contributed by atoms with Crippen molar-refractivity contribution in [3.8, 4) is 5.75 Å². The van der Waals surface area contributed by atoms with Crippen molar-refractivity contribution in [2.24, 2.45) is 0 Å². The van der Waals surface area contributed by atoms with Crippen molar-refractivity contribution < 1.29 is 4.74 Å². The van der Waals surface area contributed by atoms with E-state index in [2.05, 4.69) is 45.0 Å².